The van der Waals surface area contributed by atoms with Gasteiger partial charge in [0.05, 0.1) is 26.9 Å². The molecule has 2 rings (SSSR count). The molecule has 4 nitrogen and oxygen atoms in total. The number of rotatable bonds is 5. The Morgan fingerprint density at radius 3 is 2.70 bits per heavy atom. The van der Waals surface area contributed by atoms with E-state index in [0.29, 0.717) is 6.61 Å². The zero-order valence-electron chi connectivity index (χ0n) is 12.5. The summed E-state index contributed by atoms with van der Waals surface area (Å²) in [6, 6.07) is 5.73. The SMILES string of the molecule is COc1ccc(OC)c(/C=C/CC2COC(C)(C)O2)c1. The summed E-state index contributed by atoms with van der Waals surface area (Å²) in [6.07, 6.45) is 5.02. The first kappa shape index (κ1) is 14.9. The highest BCUT2D eigenvalue weighted by Gasteiger charge is 2.31. The van der Waals surface area contributed by atoms with Crippen LogP contribution >= 0.6 is 0 Å². The van der Waals surface area contributed by atoms with Crippen LogP contribution in [0.1, 0.15) is 25.8 Å². The van der Waals surface area contributed by atoms with E-state index >= 15 is 0 Å². The van der Waals surface area contributed by atoms with Gasteiger partial charge >= 0.3 is 0 Å². The highest BCUT2D eigenvalue weighted by atomic mass is 16.7. The molecule has 1 atom stereocenters. The van der Waals surface area contributed by atoms with Gasteiger partial charge in [-0.2, -0.15) is 0 Å². The maximum Gasteiger partial charge on any atom is 0.163 e. The molecule has 110 valence electrons. The van der Waals surface area contributed by atoms with Crippen molar-refractivity contribution in [3.63, 3.8) is 0 Å². The third kappa shape index (κ3) is 3.74. The minimum Gasteiger partial charge on any atom is -0.497 e. The predicted molar refractivity (Wildman–Crippen MR) is 78.1 cm³/mol. The van der Waals surface area contributed by atoms with Gasteiger partial charge in [-0.1, -0.05) is 12.2 Å². The second-order valence-corrected chi connectivity index (χ2v) is 5.20. The molecular weight excluding hydrogens is 256 g/mol. The van der Waals surface area contributed by atoms with E-state index in [4.69, 9.17) is 18.9 Å². The van der Waals surface area contributed by atoms with Crippen LogP contribution in [0.5, 0.6) is 11.5 Å². The van der Waals surface area contributed by atoms with Crippen LogP contribution in [0, 0.1) is 0 Å². The van der Waals surface area contributed by atoms with Crippen LogP contribution in [0.3, 0.4) is 0 Å². The van der Waals surface area contributed by atoms with Gasteiger partial charge in [0.25, 0.3) is 0 Å². The summed E-state index contributed by atoms with van der Waals surface area (Å²) in [7, 11) is 3.32. The third-order valence-electron chi connectivity index (χ3n) is 3.20. The average Bonchev–Trinajstić information content (AvgIpc) is 2.78. The summed E-state index contributed by atoms with van der Waals surface area (Å²) < 4.78 is 21.9. The Hall–Kier alpha value is -1.52. The number of ether oxygens (including phenoxy) is 4. The zero-order chi connectivity index (χ0) is 14.6. The highest BCUT2D eigenvalue weighted by molar-refractivity contribution is 5.59. The van der Waals surface area contributed by atoms with Crippen LogP contribution in [0.2, 0.25) is 0 Å². The maximum absolute atomic E-state index is 5.76. The van der Waals surface area contributed by atoms with Gasteiger partial charge in [-0.15, -0.1) is 0 Å². The fourth-order valence-electron chi connectivity index (χ4n) is 2.20. The lowest BCUT2D eigenvalue weighted by molar-refractivity contribution is -0.137. The zero-order valence-corrected chi connectivity index (χ0v) is 12.5. The number of benzene rings is 1. The van der Waals surface area contributed by atoms with Crippen molar-refractivity contribution in [1.82, 2.24) is 0 Å². The molecule has 20 heavy (non-hydrogen) atoms. The molecule has 1 saturated heterocycles. The quantitative estimate of drug-likeness (QED) is 0.828. The van der Waals surface area contributed by atoms with Gasteiger partial charge in [-0.25, -0.2) is 0 Å². The van der Waals surface area contributed by atoms with E-state index < -0.39 is 5.79 Å². The van der Waals surface area contributed by atoms with Gasteiger partial charge in [0, 0.05) is 5.56 Å². The Balaban J connectivity index is 2.00. The van der Waals surface area contributed by atoms with E-state index in [1.54, 1.807) is 14.2 Å². The second kappa shape index (κ2) is 6.29. The summed E-state index contributed by atoms with van der Waals surface area (Å²) >= 11 is 0. The Bertz CT molecular complexity index is 479. The molecule has 0 radical (unpaired) electrons. The van der Waals surface area contributed by atoms with E-state index in [1.165, 1.54) is 0 Å². The normalized spacial score (nSPS) is 21.3. The van der Waals surface area contributed by atoms with Crippen LogP contribution in [-0.4, -0.2) is 32.7 Å². The lowest BCUT2D eigenvalue weighted by Gasteiger charge is -2.16. The van der Waals surface area contributed by atoms with Gasteiger partial charge < -0.3 is 18.9 Å². The molecule has 0 aromatic heterocycles. The van der Waals surface area contributed by atoms with Gasteiger partial charge in [-0.05, 0) is 38.5 Å². The van der Waals surface area contributed by atoms with Crippen molar-refractivity contribution in [2.24, 2.45) is 0 Å². The Labute approximate surface area is 120 Å². The monoisotopic (exact) mass is 278 g/mol. The first-order chi connectivity index (χ1) is 9.54. The Morgan fingerprint density at radius 2 is 2.10 bits per heavy atom. The molecule has 0 spiro atoms. The van der Waals surface area contributed by atoms with Crippen molar-refractivity contribution in [2.45, 2.75) is 32.2 Å². The Kier molecular flexibility index (Phi) is 4.68. The molecule has 0 saturated carbocycles. The second-order valence-electron chi connectivity index (χ2n) is 5.20. The molecule has 1 aromatic carbocycles. The van der Waals surface area contributed by atoms with Gasteiger partial charge in [0.15, 0.2) is 5.79 Å². The summed E-state index contributed by atoms with van der Waals surface area (Å²) in [5.74, 6) is 1.17. The van der Waals surface area contributed by atoms with Crippen LogP contribution in [0.15, 0.2) is 24.3 Å². The highest BCUT2D eigenvalue weighted by Crippen LogP contribution is 2.27. The van der Waals surface area contributed by atoms with Crippen molar-refractivity contribution in [1.29, 1.82) is 0 Å². The lowest BCUT2D eigenvalue weighted by Crippen LogP contribution is -2.21. The minimum absolute atomic E-state index is 0.109. The van der Waals surface area contributed by atoms with E-state index in [9.17, 15) is 0 Å². The van der Waals surface area contributed by atoms with Crippen molar-refractivity contribution < 1.29 is 18.9 Å². The lowest BCUT2D eigenvalue weighted by atomic mass is 10.1. The number of hydrogen-bond acceptors (Lipinski definition) is 4. The first-order valence-electron chi connectivity index (χ1n) is 6.74. The molecule has 1 fully saturated rings. The van der Waals surface area contributed by atoms with Crippen LogP contribution in [0.4, 0.5) is 0 Å². The van der Waals surface area contributed by atoms with Crippen LogP contribution in [-0.2, 0) is 9.47 Å². The van der Waals surface area contributed by atoms with Crippen LogP contribution < -0.4 is 9.47 Å². The van der Waals surface area contributed by atoms with Gasteiger partial charge in [0.1, 0.15) is 11.5 Å². The largest absolute Gasteiger partial charge is 0.497 e. The van der Waals surface area contributed by atoms with Crippen molar-refractivity contribution in [2.75, 3.05) is 20.8 Å². The standard InChI is InChI=1S/C16H22O4/c1-16(2)19-11-14(20-16)7-5-6-12-10-13(17-3)8-9-15(12)18-4/h5-6,8-10,14H,7,11H2,1-4H3/b6-5+. The van der Waals surface area contributed by atoms with E-state index in [-0.39, 0.29) is 6.10 Å². The first-order valence-corrected chi connectivity index (χ1v) is 6.74. The molecule has 0 amide bonds. The molecule has 1 aromatic rings. The molecule has 0 bridgehead atoms. The smallest absolute Gasteiger partial charge is 0.163 e. The summed E-state index contributed by atoms with van der Waals surface area (Å²) in [5, 5.41) is 0. The number of methoxy groups -OCH3 is 2. The van der Waals surface area contributed by atoms with Gasteiger partial charge in [-0.3, -0.25) is 0 Å². The summed E-state index contributed by atoms with van der Waals surface area (Å²) in [5.41, 5.74) is 0.991. The number of hydrogen-bond donors (Lipinski definition) is 0. The predicted octanol–water partition coefficient (Wildman–Crippen LogP) is 3.26. The van der Waals surface area contributed by atoms with E-state index in [2.05, 4.69) is 6.08 Å². The van der Waals surface area contributed by atoms with E-state index in [0.717, 1.165) is 23.5 Å². The van der Waals surface area contributed by atoms with Gasteiger partial charge in [0.2, 0.25) is 0 Å². The summed E-state index contributed by atoms with van der Waals surface area (Å²) in [6.45, 7) is 4.50. The summed E-state index contributed by atoms with van der Waals surface area (Å²) in [4.78, 5) is 0. The molecule has 1 heterocycles. The van der Waals surface area contributed by atoms with Crippen molar-refractivity contribution in [3.8, 4) is 11.5 Å². The molecule has 1 unspecified atom stereocenters. The fourth-order valence-corrected chi connectivity index (χ4v) is 2.20. The topological polar surface area (TPSA) is 36.9 Å². The molecule has 0 N–H and O–H groups in total. The molecule has 0 aliphatic carbocycles. The molecule has 1 aliphatic rings. The van der Waals surface area contributed by atoms with Crippen LogP contribution in [0.25, 0.3) is 6.08 Å². The van der Waals surface area contributed by atoms with E-state index in [1.807, 2.05) is 38.1 Å². The molecule has 1 aliphatic heterocycles. The minimum atomic E-state index is -0.466. The average molecular weight is 278 g/mol. The molecule has 4 heteroatoms. The Morgan fingerprint density at radius 1 is 1.30 bits per heavy atom. The maximum atomic E-state index is 5.76. The molecular formula is C16H22O4. The third-order valence-corrected chi connectivity index (χ3v) is 3.20. The fraction of sp³-hybridized carbons (Fsp3) is 0.500. The van der Waals surface area contributed by atoms with Crippen molar-refractivity contribution in [3.05, 3.63) is 29.8 Å². The van der Waals surface area contributed by atoms with Crippen molar-refractivity contribution >= 4 is 6.08 Å².